The van der Waals surface area contributed by atoms with Crippen LogP contribution in [0.2, 0.25) is 0 Å². The fourth-order valence-electron chi connectivity index (χ4n) is 1.58. The summed E-state index contributed by atoms with van der Waals surface area (Å²) in [6.45, 7) is 0.292. The monoisotopic (exact) mass is 293 g/mol. The molecule has 0 aromatic heterocycles. The maximum atomic E-state index is 12.9. The van der Waals surface area contributed by atoms with Crippen LogP contribution in [0, 0.1) is 11.6 Å². The highest BCUT2D eigenvalue weighted by Crippen LogP contribution is 2.17. The van der Waals surface area contributed by atoms with Crippen molar-refractivity contribution in [2.75, 3.05) is 5.75 Å². The lowest BCUT2D eigenvalue weighted by molar-refractivity contribution is -0.118. The summed E-state index contributed by atoms with van der Waals surface area (Å²) >= 11 is 1.32. The lowest BCUT2D eigenvalue weighted by Crippen LogP contribution is -2.24. The molecule has 2 nitrogen and oxygen atoms in total. The molecule has 5 heteroatoms. The maximum Gasteiger partial charge on any atom is 0.230 e. The molecule has 0 aliphatic carbocycles. The molecule has 1 N–H and O–H groups in total. The van der Waals surface area contributed by atoms with Gasteiger partial charge >= 0.3 is 0 Å². The summed E-state index contributed by atoms with van der Waals surface area (Å²) in [4.78, 5) is 12.5. The first-order chi connectivity index (χ1) is 9.63. The van der Waals surface area contributed by atoms with Crippen LogP contribution >= 0.6 is 11.8 Å². The number of hydrogen-bond donors (Lipinski definition) is 1. The molecule has 1 amide bonds. The van der Waals surface area contributed by atoms with Gasteiger partial charge in [-0.1, -0.05) is 12.1 Å². The van der Waals surface area contributed by atoms with E-state index in [4.69, 9.17) is 0 Å². The van der Waals surface area contributed by atoms with Crippen molar-refractivity contribution in [3.05, 3.63) is 65.7 Å². The lowest BCUT2D eigenvalue weighted by Gasteiger charge is -2.05. The second-order valence-corrected chi connectivity index (χ2v) is 5.20. The van der Waals surface area contributed by atoms with Crippen LogP contribution in [0.3, 0.4) is 0 Å². The fraction of sp³-hybridized carbons (Fsp3) is 0.133. The van der Waals surface area contributed by atoms with Crippen LogP contribution in [0.25, 0.3) is 0 Å². The standard InChI is InChI=1S/C15H13F2NOS/c16-12-4-6-14(7-5-12)20-10-15(19)18-9-11-2-1-3-13(17)8-11/h1-8H,9-10H2,(H,18,19). The minimum absolute atomic E-state index is 0.149. The van der Waals surface area contributed by atoms with Gasteiger partial charge in [0.25, 0.3) is 0 Å². The number of hydrogen-bond acceptors (Lipinski definition) is 2. The molecule has 2 aromatic carbocycles. The Balaban J connectivity index is 1.77. The third-order valence-electron chi connectivity index (χ3n) is 2.56. The third-order valence-corrected chi connectivity index (χ3v) is 3.57. The molecule has 0 bridgehead atoms. The first-order valence-electron chi connectivity index (χ1n) is 6.03. The Morgan fingerprint density at radius 2 is 1.80 bits per heavy atom. The summed E-state index contributed by atoms with van der Waals surface area (Å²) in [5, 5.41) is 2.71. The largest absolute Gasteiger partial charge is 0.351 e. The maximum absolute atomic E-state index is 12.9. The van der Waals surface area contributed by atoms with Gasteiger partial charge in [0.2, 0.25) is 5.91 Å². The van der Waals surface area contributed by atoms with Crippen molar-refractivity contribution in [1.82, 2.24) is 5.32 Å². The third kappa shape index (κ3) is 4.66. The van der Waals surface area contributed by atoms with Crippen molar-refractivity contribution in [1.29, 1.82) is 0 Å². The minimum atomic E-state index is -0.322. The van der Waals surface area contributed by atoms with Gasteiger partial charge < -0.3 is 5.32 Å². The summed E-state index contributed by atoms with van der Waals surface area (Å²) in [5.74, 6) is -0.535. The number of benzene rings is 2. The van der Waals surface area contributed by atoms with E-state index in [-0.39, 0.29) is 23.3 Å². The van der Waals surface area contributed by atoms with Crippen molar-refractivity contribution < 1.29 is 13.6 Å². The predicted molar refractivity (Wildman–Crippen MR) is 75.4 cm³/mol. The molecule has 20 heavy (non-hydrogen) atoms. The molecule has 0 saturated heterocycles. The Hall–Kier alpha value is -1.88. The fourth-order valence-corrected chi connectivity index (χ4v) is 2.31. The van der Waals surface area contributed by atoms with Crippen LogP contribution in [0.1, 0.15) is 5.56 Å². The van der Waals surface area contributed by atoms with Gasteiger partial charge in [-0.3, -0.25) is 4.79 Å². The molecule has 0 aliphatic rings. The number of amides is 1. The molecule has 104 valence electrons. The van der Waals surface area contributed by atoms with E-state index in [2.05, 4.69) is 5.32 Å². The Morgan fingerprint density at radius 1 is 1.05 bits per heavy atom. The topological polar surface area (TPSA) is 29.1 Å². The Morgan fingerprint density at radius 3 is 2.50 bits per heavy atom. The highest BCUT2D eigenvalue weighted by molar-refractivity contribution is 8.00. The molecule has 2 rings (SSSR count). The van der Waals surface area contributed by atoms with Gasteiger partial charge in [0.1, 0.15) is 11.6 Å². The van der Waals surface area contributed by atoms with E-state index in [0.717, 1.165) is 4.90 Å². The van der Waals surface area contributed by atoms with E-state index in [1.807, 2.05) is 0 Å². The number of rotatable bonds is 5. The first-order valence-corrected chi connectivity index (χ1v) is 7.01. The second kappa shape index (κ2) is 7.05. The zero-order valence-electron chi connectivity index (χ0n) is 10.6. The van der Waals surface area contributed by atoms with Crippen molar-refractivity contribution in [3.63, 3.8) is 0 Å². The molecule has 0 fully saturated rings. The molecule has 0 unspecified atom stereocenters. The van der Waals surface area contributed by atoms with Crippen LogP contribution in [0.5, 0.6) is 0 Å². The normalized spacial score (nSPS) is 10.3. The van der Waals surface area contributed by atoms with E-state index in [0.29, 0.717) is 12.1 Å². The van der Waals surface area contributed by atoms with Gasteiger partial charge in [0.05, 0.1) is 5.75 Å². The number of carbonyl (C=O) groups excluding carboxylic acids is 1. The van der Waals surface area contributed by atoms with Crippen LogP contribution in [0.4, 0.5) is 8.78 Å². The van der Waals surface area contributed by atoms with Gasteiger partial charge in [-0.2, -0.15) is 0 Å². The van der Waals surface area contributed by atoms with Crippen molar-refractivity contribution >= 4 is 17.7 Å². The van der Waals surface area contributed by atoms with Gasteiger partial charge in [-0.25, -0.2) is 8.78 Å². The molecule has 0 heterocycles. The van der Waals surface area contributed by atoms with Crippen LogP contribution in [-0.2, 0) is 11.3 Å². The Labute approximate surface area is 120 Å². The van der Waals surface area contributed by atoms with E-state index in [1.165, 1.54) is 36.0 Å². The Kier molecular flexibility index (Phi) is 5.12. The average Bonchev–Trinajstić information content (AvgIpc) is 2.45. The summed E-state index contributed by atoms with van der Waals surface area (Å²) < 4.78 is 25.7. The van der Waals surface area contributed by atoms with E-state index >= 15 is 0 Å². The molecule has 2 aromatic rings. The highest BCUT2D eigenvalue weighted by atomic mass is 32.2. The van der Waals surface area contributed by atoms with Gasteiger partial charge in [0, 0.05) is 11.4 Å². The summed E-state index contributed by atoms with van der Waals surface area (Å²) in [6, 6.07) is 12.0. The predicted octanol–water partition coefficient (Wildman–Crippen LogP) is 3.37. The van der Waals surface area contributed by atoms with Crippen molar-refractivity contribution in [3.8, 4) is 0 Å². The number of halogens is 2. The zero-order valence-corrected chi connectivity index (χ0v) is 11.4. The molecule has 0 spiro atoms. The number of thioether (sulfide) groups is 1. The van der Waals surface area contributed by atoms with Crippen molar-refractivity contribution in [2.24, 2.45) is 0 Å². The smallest absolute Gasteiger partial charge is 0.230 e. The molecule has 0 saturated carbocycles. The van der Waals surface area contributed by atoms with Gasteiger partial charge in [-0.05, 0) is 42.0 Å². The molecule has 0 radical (unpaired) electrons. The van der Waals surface area contributed by atoms with Gasteiger partial charge in [-0.15, -0.1) is 11.8 Å². The minimum Gasteiger partial charge on any atom is -0.351 e. The van der Waals surface area contributed by atoms with Crippen LogP contribution in [0.15, 0.2) is 53.4 Å². The summed E-state index contributed by atoms with van der Waals surface area (Å²) in [7, 11) is 0. The van der Waals surface area contributed by atoms with Crippen molar-refractivity contribution in [2.45, 2.75) is 11.4 Å². The molecular formula is C15H13F2NOS. The van der Waals surface area contributed by atoms with E-state index in [1.54, 1.807) is 24.3 Å². The Bertz CT molecular complexity index is 587. The zero-order chi connectivity index (χ0) is 14.4. The van der Waals surface area contributed by atoms with Crippen LogP contribution < -0.4 is 5.32 Å². The van der Waals surface area contributed by atoms with E-state index < -0.39 is 0 Å². The summed E-state index contributed by atoms with van der Waals surface area (Å²) in [6.07, 6.45) is 0. The SMILES string of the molecule is O=C(CSc1ccc(F)cc1)NCc1cccc(F)c1. The van der Waals surface area contributed by atoms with Gasteiger partial charge in [0.15, 0.2) is 0 Å². The number of carbonyl (C=O) groups is 1. The second-order valence-electron chi connectivity index (χ2n) is 4.15. The van der Waals surface area contributed by atoms with E-state index in [9.17, 15) is 13.6 Å². The average molecular weight is 293 g/mol. The number of nitrogens with one attached hydrogen (secondary N) is 1. The lowest BCUT2D eigenvalue weighted by atomic mass is 10.2. The van der Waals surface area contributed by atoms with Crippen LogP contribution in [-0.4, -0.2) is 11.7 Å². The first kappa shape index (κ1) is 14.5. The molecule has 0 aliphatic heterocycles. The summed E-state index contributed by atoms with van der Waals surface area (Å²) in [5.41, 5.74) is 0.713. The highest BCUT2D eigenvalue weighted by Gasteiger charge is 2.03. The molecular weight excluding hydrogens is 280 g/mol. The quantitative estimate of drug-likeness (QED) is 0.856. The molecule has 0 atom stereocenters.